The molecule has 0 unspecified atom stereocenters. The van der Waals surface area contributed by atoms with E-state index in [2.05, 4.69) is 10.1 Å². The fourth-order valence-electron chi connectivity index (χ4n) is 3.52. The lowest BCUT2D eigenvalue weighted by Crippen LogP contribution is -2.26. The van der Waals surface area contributed by atoms with Crippen LogP contribution in [0.25, 0.3) is 27.7 Å². The number of aryl methyl sites for hydroxylation is 1. The van der Waals surface area contributed by atoms with Gasteiger partial charge in [-0.2, -0.15) is 5.10 Å². The van der Waals surface area contributed by atoms with E-state index in [0.717, 1.165) is 28.0 Å². The molecule has 3 aromatic heterocycles. The van der Waals surface area contributed by atoms with Crippen LogP contribution in [-0.2, 0) is 16.1 Å². The van der Waals surface area contributed by atoms with Gasteiger partial charge in [-0.05, 0) is 63.1 Å². The standard InChI is InChI=1S/C23H24N4O3/c1-14-11-26-12-17(7-9-20(26)24-14)16-6-8-19-18(10-16)22(15(2)28)25-27(19)13-21(29)30-23(3,4)5/h6-12H,13H2,1-5H3. The molecule has 0 radical (unpaired) electrons. The van der Waals surface area contributed by atoms with E-state index in [1.165, 1.54) is 11.6 Å². The van der Waals surface area contributed by atoms with Crippen LogP contribution in [0.1, 0.15) is 43.9 Å². The van der Waals surface area contributed by atoms with Crippen molar-refractivity contribution in [1.82, 2.24) is 19.2 Å². The summed E-state index contributed by atoms with van der Waals surface area (Å²) in [5, 5.41) is 5.11. The molecule has 1 aromatic carbocycles. The molecule has 0 fully saturated rings. The van der Waals surface area contributed by atoms with Crippen LogP contribution < -0.4 is 0 Å². The molecule has 4 aromatic rings. The molecule has 3 heterocycles. The number of ketones is 1. The molecule has 0 saturated carbocycles. The summed E-state index contributed by atoms with van der Waals surface area (Å²) in [4.78, 5) is 28.9. The van der Waals surface area contributed by atoms with Gasteiger partial charge in [0, 0.05) is 24.7 Å². The average Bonchev–Trinajstić information content (AvgIpc) is 3.18. The summed E-state index contributed by atoms with van der Waals surface area (Å²) < 4.78 is 8.92. The number of imidazole rings is 1. The second-order valence-electron chi connectivity index (χ2n) is 8.45. The number of hydrogen-bond acceptors (Lipinski definition) is 5. The van der Waals surface area contributed by atoms with Crippen LogP contribution in [-0.4, -0.2) is 36.5 Å². The summed E-state index contributed by atoms with van der Waals surface area (Å²) in [6.07, 6.45) is 3.98. The van der Waals surface area contributed by atoms with Crippen molar-refractivity contribution in [2.24, 2.45) is 0 Å². The largest absolute Gasteiger partial charge is 0.459 e. The van der Waals surface area contributed by atoms with E-state index in [0.29, 0.717) is 11.1 Å². The first-order valence-corrected chi connectivity index (χ1v) is 9.80. The van der Waals surface area contributed by atoms with E-state index in [-0.39, 0.29) is 12.3 Å². The number of benzene rings is 1. The second-order valence-corrected chi connectivity index (χ2v) is 8.45. The van der Waals surface area contributed by atoms with Crippen LogP contribution >= 0.6 is 0 Å². The van der Waals surface area contributed by atoms with Crippen LogP contribution in [0.5, 0.6) is 0 Å². The SMILES string of the molecule is CC(=O)c1nn(CC(=O)OC(C)(C)C)c2ccc(-c3ccc4nc(C)cn4c3)cc12. The number of rotatable bonds is 4. The fraction of sp³-hybridized carbons (Fsp3) is 0.304. The Kier molecular flexibility index (Phi) is 4.68. The van der Waals surface area contributed by atoms with Gasteiger partial charge in [-0.25, -0.2) is 4.98 Å². The van der Waals surface area contributed by atoms with Gasteiger partial charge in [0.1, 0.15) is 23.5 Å². The lowest BCUT2D eigenvalue weighted by atomic mass is 10.0. The highest BCUT2D eigenvalue weighted by atomic mass is 16.6. The predicted molar refractivity (Wildman–Crippen MR) is 115 cm³/mol. The minimum absolute atomic E-state index is 0.0549. The zero-order valence-corrected chi connectivity index (χ0v) is 17.8. The number of carbonyl (C=O) groups is 2. The number of Topliss-reactive ketones (excluding diaryl/α,β-unsaturated/α-hetero) is 1. The Hall–Kier alpha value is -3.48. The van der Waals surface area contributed by atoms with Gasteiger partial charge in [-0.3, -0.25) is 14.3 Å². The molecular formula is C23H24N4O3. The molecule has 0 N–H and O–H groups in total. The zero-order chi connectivity index (χ0) is 21.6. The summed E-state index contributed by atoms with van der Waals surface area (Å²) in [5.41, 5.74) is 4.26. The van der Waals surface area contributed by atoms with Crippen LogP contribution in [0.4, 0.5) is 0 Å². The Bertz CT molecular complexity index is 1290. The van der Waals surface area contributed by atoms with Gasteiger partial charge < -0.3 is 9.14 Å². The van der Waals surface area contributed by atoms with Crippen molar-refractivity contribution in [2.75, 3.05) is 0 Å². The highest BCUT2D eigenvalue weighted by Crippen LogP contribution is 2.27. The zero-order valence-electron chi connectivity index (χ0n) is 17.8. The van der Waals surface area contributed by atoms with E-state index in [1.807, 2.05) is 74.8 Å². The van der Waals surface area contributed by atoms with E-state index in [4.69, 9.17) is 4.74 Å². The first kappa shape index (κ1) is 19.8. The molecular weight excluding hydrogens is 380 g/mol. The smallest absolute Gasteiger partial charge is 0.328 e. The van der Waals surface area contributed by atoms with Gasteiger partial charge in [0.15, 0.2) is 5.78 Å². The summed E-state index contributed by atoms with van der Waals surface area (Å²) in [6, 6.07) is 9.75. The molecule has 0 saturated heterocycles. The number of nitrogens with zero attached hydrogens (tertiary/aromatic N) is 4. The van der Waals surface area contributed by atoms with Crippen LogP contribution in [0.3, 0.4) is 0 Å². The van der Waals surface area contributed by atoms with E-state index in [9.17, 15) is 9.59 Å². The van der Waals surface area contributed by atoms with Gasteiger partial charge in [0.05, 0.1) is 11.2 Å². The predicted octanol–water partition coefficient (Wildman–Crippen LogP) is 4.20. The maximum absolute atomic E-state index is 12.3. The lowest BCUT2D eigenvalue weighted by Gasteiger charge is -2.19. The summed E-state index contributed by atoms with van der Waals surface area (Å²) in [6.45, 7) is 8.83. The number of pyridine rings is 1. The number of ether oxygens (including phenoxy) is 1. The quantitative estimate of drug-likeness (QED) is 0.376. The van der Waals surface area contributed by atoms with Gasteiger partial charge in [0.2, 0.25) is 0 Å². The minimum atomic E-state index is -0.582. The molecule has 154 valence electrons. The van der Waals surface area contributed by atoms with Crippen LogP contribution in [0, 0.1) is 6.92 Å². The van der Waals surface area contributed by atoms with Gasteiger partial charge in [0.25, 0.3) is 0 Å². The topological polar surface area (TPSA) is 78.5 Å². The maximum atomic E-state index is 12.3. The molecule has 7 nitrogen and oxygen atoms in total. The Labute approximate surface area is 174 Å². The normalized spacial score (nSPS) is 11.9. The van der Waals surface area contributed by atoms with Crippen molar-refractivity contribution in [3.8, 4) is 11.1 Å². The Balaban J connectivity index is 1.76. The number of hydrogen-bond donors (Lipinski definition) is 0. The highest BCUT2D eigenvalue weighted by molar-refractivity contribution is 6.06. The van der Waals surface area contributed by atoms with Crippen molar-refractivity contribution >= 4 is 28.3 Å². The molecule has 30 heavy (non-hydrogen) atoms. The second kappa shape index (κ2) is 7.09. The number of carbonyl (C=O) groups excluding carboxylic acids is 2. The van der Waals surface area contributed by atoms with Crippen molar-refractivity contribution in [2.45, 2.75) is 46.8 Å². The Morgan fingerprint density at radius 2 is 1.80 bits per heavy atom. The number of fused-ring (bicyclic) bond motifs is 2. The van der Waals surface area contributed by atoms with Gasteiger partial charge >= 0.3 is 5.97 Å². The van der Waals surface area contributed by atoms with Crippen LogP contribution in [0.15, 0.2) is 42.7 Å². The Morgan fingerprint density at radius 1 is 1.07 bits per heavy atom. The molecule has 0 atom stereocenters. The molecule has 0 bridgehead atoms. The average molecular weight is 404 g/mol. The summed E-state index contributed by atoms with van der Waals surface area (Å²) in [7, 11) is 0. The summed E-state index contributed by atoms with van der Waals surface area (Å²) >= 11 is 0. The Morgan fingerprint density at radius 3 is 2.50 bits per heavy atom. The third-order valence-corrected chi connectivity index (χ3v) is 4.69. The van der Waals surface area contributed by atoms with E-state index < -0.39 is 11.6 Å². The van der Waals surface area contributed by atoms with E-state index in [1.54, 1.807) is 0 Å². The van der Waals surface area contributed by atoms with Gasteiger partial charge in [-0.1, -0.05) is 6.07 Å². The van der Waals surface area contributed by atoms with Crippen molar-refractivity contribution < 1.29 is 14.3 Å². The maximum Gasteiger partial charge on any atom is 0.328 e. The molecule has 0 aliphatic carbocycles. The molecule has 0 amide bonds. The van der Waals surface area contributed by atoms with Crippen LogP contribution in [0.2, 0.25) is 0 Å². The third-order valence-electron chi connectivity index (χ3n) is 4.69. The number of esters is 1. The molecule has 0 aliphatic rings. The molecule has 0 aliphatic heterocycles. The summed E-state index contributed by atoms with van der Waals surface area (Å²) in [5.74, 6) is -0.548. The molecule has 4 rings (SSSR count). The van der Waals surface area contributed by atoms with Crippen molar-refractivity contribution in [3.63, 3.8) is 0 Å². The fourth-order valence-corrected chi connectivity index (χ4v) is 3.52. The van der Waals surface area contributed by atoms with Gasteiger partial charge in [-0.15, -0.1) is 0 Å². The van der Waals surface area contributed by atoms with Crippen molar-refractivity contribution in [1.29, 1.82) is 0 Å². The first-order chi connectivity index (χ1) is 14.1. The molecule has 7 heteroatoms. The minimum Gasteiger partial charge on any atom is -0.459 e. The number of aromatic nitrogens is 4. The van der Waals surface area contributed by atoms with E-state index >= 15 is 0 Å². The lowest BCUT2D eigenvalue weighted by molar-refractivity contribution is -0.155. The van der Waals surface area contributed by atoms with Crippen molar-refractivity contribution in [3.05, 3.63) is 54.1 Å². The first-order valence-electron chi connectivity index (χ1n) is 9.80. The molecule has 0 spiro atoms. The highest BCUT2D eigenvalue weighted by Gasteiger charge is 2.20. The monoisotopic (exact) mass is 404 g/mol. The third kappa shape index (κ3) is 3.83.